The first-order valence-electron chi connectivity index (χ1n) is 8.30. The molecule has 0 bridgehead atoms. The van der Waals surface area contributed by atoms with Crippen LogP contribution in [0.15, 0.2) is 54.5 Å². The second-order valence-corrected chi connectivity index (χ2v) is 6.82. The van der Waals surface area contributed by atoms with Crippen molar-refractivity contribution in [3.63, 3.8) is 0 Å². The van der Waals surface area contributed by atoms with Gasteiger partial charge in [-0.25, -0.2) is 4.98 Å². The van der Waals surface area contributed by atoms with Gasteiger partial charge >= 0.3 is 0 Å². The average Bonchev–Trinajstić information content (AvgIpc) is 3.42. The molecule has 0 atom stereocenters. The summed E-state index contributed by atoms with van der Waals surface area (Å²) in [5, 5.41) is 18.6. The summed E-state index contributed by atoms with van der Waals surface area (Å²) in [6, 6.07) is 13.0. The lowest BCUT2D eigenvalue weighted by molar-refractivity contribution is 0.986. The molecular weight excluding hydrogens is 346 g/mol. The van der Waals surface area contributed by atoms with Gasteiger partial charge in [-0.3, -0.25) is 9.81 Å². The number of allylic oxidation sites excluding steroid dienone is 2. The van der Waals surface area contributed by atoms with E-state index in [1.54, 1.807) is 16.5 Å². The first kappa shape index (κ1) is 16.4. The molecule has 0 aliphatic heterocycles. The number of hydrogen-bond donors (Lipinski definition) is 2. The maximum Gasteiger partial charge on any atom is 0.144 e. The number of hydrogen-bond acceptors (Lipinski definition) is 4. The van der Waals surface area contributed by atoms with Gasteiger partial charge in [0.2, 0.25) is 0 Å². The van der Waals surface area contributed by atoms with Crippen LogP contribution >= 0.6 is 11.6 Å². The third kappa shape index (κ3) is 2.85. The molecule has 0 saturated heterocycles. The number of pyridine rings is 1. The van der Waals surface area contributed by atoms with Crippen molar-refractivity contribution < 1.29 is 0 Å². The lowest BCUT2D eigenvalue weighted by Gasteiger charge is -2.15. The van der Waals surface area contributed by atoms with Gasteiger partial charge < -0.3 is 5.73 Å². The quantitative estimate of drug-likeness (QED) is 0.688. The van der Waals surface area contributed by atoms with Crippen molar-refractivity contribution in [1.29, 1.82) is 10.7 Å². The standard InChI is InChI=1S/C20H16ClN5/c21-15-6-3-13(4-7-15)20(24)18(19(23)12-1-2-12)14-5-8-17-25-10-16(9-22)26(17)11-14/h3-8,10-12,24H,1-2,23H2/b19-18-,24-20?. The Kier molecular flexibility index (Phi) is 3.98. The number of nitrogens with zero attached hydrogens (tertiary/aromatic N) is 3. The number of halogens is 1. The smallest absolute Gasteiger partial charge is 0.144 e. The van der Waals surface area contributed by atoms with Crippen LogP contribution in [-0.4, -0.2) is 15.1 Å². The molecular formula is C20H16ClN5. The van der Waals surface area contributed by atoms with Crippen LogP contribution in [0, 0.1) is 22.7 Å². The fourth-order valence-corrected chi connectivity index (χ4v) is 3.15. The summed E-state index contributed by atoms with van der Waals surface area (Å²) in [6.07, 6.45) is 5.45. The number of fused-ring (bicyclic) bond motifs is 1. The third-order valence-corrected chi connectivity index (χ3v) is 4.85. The van der Waals surface area contributed by atoms with Crippen molar-refractivity contribution in [2.75, 3.05) is 0 Å². The van der Waals surface area contributed by atoms with Crippen LogP contribution in [-0.2, 0) is 0 Å². The summed E-state index contributed by atoms with van der Waals surface area (Å²) in [5.41, 5.74) is 10.9. The molecule has 2 heterocycles. The topological polar surface area (TPSA) is 91.0 Å². The molecule has 1 saturated carbocycles. The Hall–Kier alpha value is -3.10. The summed E-state index contributed by atoms with van der Waals surface area (Å²) in [4.78, 5) is 4.22. The number of benzene rings is 1. The predicted octanol–water partition coefficient (Wildman–Crippen LogP) is 4.01. The fourth-order valence-electron chi connectivity index (χ4n) is 3.03. The average molecular weight is 362 g/mol. The van der Waals surface area contributed by atoms with E-state index >= 15 is 0 Å². The maximum atomic E-state index is 9.27. The van der Waals surface area contributed by atoms with E-state index in [9.17, 15) is 5.26 Å². The molecule has 4 rings (SSSR count). The zero-order chi connectivity index (χ0) is 18.3. The molecule has 1 aliphatic rings. The van der Waals surface area contributed by atoms with E-state index in [1.807, 2.05) is 30.5 Å². The summed E-state index contributed by atoms with van der Waals surface area (Å²) in [7, 11) is 0. The highest BCUT2D eigenvalue weighted by Gasteiger charge is 2.29. The molecule has 0 unspecified atom stereocenters. The van der Waals surface area contributed by atoms with Crippen LogP contribution in [0.25, 0.3) is 11.2 Å². The monoisotopic (exact) mass is 361 g/mol. The minimum atomic E-state index is 0.312. The third-order valence-electron chi connectivity index (χ3n) is 4.60. The normalized spacial score (nSPS) is 14.8. The molecule has 26 heavy (non-hydrogen) atoms. The van der Waals surface area contributed by atoms with Crippen molar-refractivity contribution in [2.45, 2.75) is 12.8 Å². The summed E-state index contributed by atoms with van der Waals surface area (Å²) in [6.45, 7) is 0. The first-order valence-corrected chi connectivity index (χ1v) is 8.68. The molecule has 2 aromatic heterocycles. The van der Waals surface area contributed by atoms with E-state index < -0.39 is 0 Å². The van der Waals surface area contributed by atoms with Gasteiger partial charge in [-0.05, 0) is 43.0 Å². The summed E-state index contributed by atoms with van der Waals surface area (Å²) in [5.74, 6) is 0.312. The van der Waals surface area contributed by atoms with Crippen molar-refractivity contribution in [2.24, 2.45) is 11.7 Å². The van der Waals surface area contributed by atoms with Gasteiger partial charge in [0, 0.05) is 33.6 Å². The molecule has 5 nitrogen and oxygen atoms in total. The van der Waals surface area contributed by atoms with Gasteiger partial charge in [0.15, 0.2) is 0 Å². The van der Waals surface area contributed by atoms with E-state index in [4.69, 9.17) is 22.7 Å². The highest BCUT2D eigenvalue weighted by molar-refractivity contribution is 6.32. The molecule has 6 heteroatoms. The Morgan fingerprint density at radius 1 is 1.19 bits per heavy atom. The fraction of sp³-hybridized carbons (Fsp3) is 0.150. The molecule has 3 N–H and O–H groups in total. The van der Waals surface area contributed by atoms with Gasteiger partial charge in [-0.2, -0.15) is 5.26 Å². The molecule has 3 aromatic rings. The lowest BCUT2D eigenvalue weighted by atomic mass is 9.94. The van der Waals surface area contributed by atoms with Crippen LogP contribution in [0.4, 0.5) is 0 Å². The van der Waals surface area contributed by atoms with E-state index in [1.165, 1.54) is 6.20 Å². The van der Waals surface area contributed by atoms with E-state index in [0.29, 0.717) is 33.6 Å². The summed E-state index contributed by atoms with van der Waals surface area (Å²) < 4.78 is 1.73. The van der Waals surface area contributed by atoms with Crippen LogP contribution in [0.5, 0.6) is 0 Å². The number of imidazole rings is 1. The highest BCUT2D eigenvalue weighted by atomic mass is 35.5. The number of aromatic nitrogens is 2. The molecule has 0 radical (unpaired) electrons. The first-order chi connectivity index (χ1) is 12.6. The van der Waals surface area contributed by atoms with E-state index in [2.05, 4.69) is 11.1 Å². The second kappa shape index (κ2) is 6.32. The summed E-state index contributed by atoms with van der Waals surface area (Å²) >= 11 is 5.97. The van der Waals surface area contributed by atoms with Crippen molar-refractivity contribution >= 4 is 28.5 Å². The minimum Gasteiger partial charge on any atom is -0.401 e. The van der Waals surface area contributed by atoms with Crippen LogP contribution in [0.2, 0.25) is 5.02 Å². The second-order valence-electron chi connectivity index (χ2n) is 6.39. The van der Waals surface area contributed by atoms with E-state index in [-0.39, 0.29) is 0 Å². The Labute approximate surface area is 155 Å². The van der Waals surface area contributed by atoms with Crippen molar-refractivity contribution in [3.05, 3.63) is 76.3 Å². The van der Waals surface area contributed by atoms with Crippen LogP contribution in [0.1, 0.15) is 29.7 Å². The highest BCUT2D eigenvalue weighted by Crippen LogP contribution is 2.38. The van der Waals surface area contributed by atoms with Crippen LogP contribution in [0.3, 0.4) is 0 Å². The molecule has 1 aromatic carbocycles. The number of rotatable bonds is 4. The molecule has 1 aliphatic carbocycles. The van der Waals surface area contributed by atoms with Crippen LogP contribution < -0.4 is 5.73 Å². The van der Waals surface area contributed by atoms with Gasteiger partial charge in [0.1, 0.15) is 17.4 Å². The molecule has 0 spiro atoms. The Morgan fingerprint density at radius 2 is 1.88 bits per heavy atom. The molecule has 0 amide bonds. The molecule has 128 valence electrons. The van der Waals surface area contributed by atoms with Crippen molar-refractivity contribution in [1.82, 2.24) is 9.38 Å². The van der Waals surface area contributed by atoms with Gasteiger partial charge in [0.25, 0.3) is 0 Å². The number of nitrogens with one attached hydrogen (secondary N) is 1. The Balaban J connectivity index is 1.87. The predicted molar refractivity (Wildman–Crippen MR) is 102 cm³/mol. The van der Waals surface area contributed by atoms with Gasteiger partial charge in [0.05, 0.1) is 11.9 Å². The minimum absolute atomic E-state index is 0.312. The van der Waals surface area contributed by atoms with Gasteiger partial charge in [-0.15, -0.1) is 0 Å². The largest absolute Gasteiger partial charge is 0.401 e. The Morgan fingerprint density at radius 3 is 2.54 bits per heavy atom. The lowest BCUT2D eigenvalue weighted by Crippen LogP contribution is -2.13. The van der Waals surface area contributed by atoms with E-state index in [0.717, 1.165) is 29.7 Å². The number of nitrogens with two attached hydrogens (primary N) is 1. The zero-order valence-electron chi connectivity index (χ0n) is 13.9. The zero-order valence-corrected chi connectivity index (χ0v) is 14.7. The maximum absolute atomic E-state index is 9.27. The molecule has 1 fully saturated rings. The number of nitriles is 1. The Bertz CT molecular complexity index is 1080. The van der Waals surface area contributed by atoms with Gasteiger partial charge in [-0.1, -0.05) is 23.7 Å². The SMILES string of the molecule is N#Cc1cnc2ccc(/C(C(=N)c3ccc(Cl)cc3)=C(/N)C3CC3)cn12. The van der Waals surface area contributed by atoms with Crippen molar-refractivity contribution in [3.8, 4) is 6.07 Å².